The summed E-state index contributed by atoms with van der Waals surface area (Å²) in [5.41, 5.74) is 0.658. The first kappa shape index (κ1) is 16.8. The van der Waals surface area contributed by atoms with E-state index in [2.05, 4.69) is 4.74 Å². The lowest BCUT2D eigenvalue weighted by Crippen LogP contribution is -2.26. The summed E-state index contributed by atoms with van der Waals surface area (Å²) in [4.78, 5) is 11.6. The molecule has 0 radical (unpaired) electrons. The highest BCUT2D eigenvalue weighted by molar-refractivity contribution is 7.92. The molecular weight excluding hydrogens is 318 g/mol. The first-order valence-electron chi connectivity index (χ1n) is 6.71. The van der Waals surface area contributed by atoms with Crippen LogP contribution < -0.4 is 9.04 Å². The van der Waals surface area contributed by atoms with Crippen molar-refractivity contribution in [2.45, 2.75) is 4.90 Å². The van der Waals surface area contributed by atoms with Gasteiger partial charge < -0.3 is 9.47 Å². The van der Waals surface area contributed by atoms with Crippen LogP contribution in [0.1, 0.15) is 10.4 Å². The van der Waals surface area contributed by atoms with Gasteiger partial charge in [-0.15, -0.1) is 0 Å². The summed E-state index contributed by atoms with van der Waals surface area (Å²) in [6.07, 6.45) is 0. The molecule has 0 N–H and O–H groups in total. The maximum atomic E-state index is 12.7. The molecule has 0 aromatic heterocycles. The largest absolute Gasteiger partial charge is 0.497 e. The summed E-state index contributed by atoms with van der Waals surface area (Å²) < 4.78 is 36.2. The van der Waals surface area contributed by atoms with Gasteiger partial charge in [-0.3, -0.25) is 4.31 Å². The number of ether oxygens (including phenoxy) is 2. The van der Waals surface area contributed by atoms with Crippen molar-refractivity contribution in [2.24, 2.45) is 0 Å². The van der Waals surface area contributed by atoms with E-state index in [-0.39, 0.29) is 10.5 Å². The van der Waals surface area contributed by atoms with Gasteiger partial charge >= 0.3 is 5.97 Å². The average Bonchev–Trinajstić information content (AvgIpc) is 2.60. The molecule has 2 aromatic rings. The standard InChI is InChI=1S/C16H17NO5S/c1-17(13-7-9-14(21-2)10-8-13)23(19,20)15-6-4-5-12(11-15)16(18)22-3/h4-11H,1-3H3. The molecule has 0 saturated carbocycles. The van der Waals surface area contributed by atoms with Crippen LogP contribution in [0.2, 0.25) is 0 Å². The molecule has 6 nitrogen and oxygen atoms in total. The monoisotopic (exact) mass is 335 g/mol. The van der Waals surface area contributed by atoms with E-state index in [1.807, 2.05) is 0 Å². The Labute approximate surface area is 135 Å². The third-order valence-electron chi connectivity index (χ3n) is 3.35. The van der Waals surface area contributed by atoms with Crippen LogP contribution in [-0.4, -0.2) is 35.7 Å². The maximum Gasteiger partial charge on any atom is 0.337 e. The Morgan fingerprint density at radius 1 is 1.04 bits per heavy atom. The Bertz CT molecular complexity index is 799. The summed E-state index contributed by atoms with van der Waals surface area (Å²) >= 11 is 0. The minimum Gasteiger partial charge on any atom is -0.497 e. The smallest absolute Gasteiger partial charge is 0.337 e. The molecular formula is C16H17NO5S. The molecule has 0 aliphatic heterocycles. The van der Waals surface area contributed by atoms with Gasteiger partial charge in [-0.1, -0.05) is 6.07 Å². The van der Waals surface area contributed by atoms with E-state index < -0.39 is 16.0 Å². The van der Waals surface area contributed by atoms with Crippen molar-refractivity contribution in [3.05, 3.63) is 54.1 Å². The Morgan fingerprint density at radius 3 is 2.26 bits per heavy atom. The van der Waals surface area contributed by atoms with Crippen molar-refractivity contribution in [1.29, 1.82) is 0 Å². The molecule has 0 heterocycles. The molecule has 0 bridgehead atoms. The van der Waals surface area contributed by atoms with Gasteiger partial charge in [-0.05, 0) is 42.5 Å². The number of hydrogen-bond donors (Lipinski definition) is 0. The Morgan fingerprint density at radius 2 is 1.70 bits per heavy atom. The summed E-state index contributed by atoms with van der Waals surface area (Å²) in [5.74, 6) is 0.0430. The second-order valence-electron chi connectivity index (χ2n) is 4.69. The molecule has 0 fully saturated rings. The van der Waals surface area contributed by atoms with E-state index in [0.717, 1.165) is 4.31 Å². The van der Waals surface area contributed by atoms with Crippen molar-refractivity contribution in [3.8, 4) is 5.75 Å². The fraction of sp³-hybridized carbons (Fsp3) is 0.188. The zero-order chi connectivity index (χ0) is 17.0. The van der Waals surface area contributed by atoms with Gasteiger partial charge in [-0.2, -0.15) is 0 Å². The molecule has 0 spiro atoms. The molecule has 0 atom stereocenters. The summed E-state index contributed by atoms with van der Waals surface area (Å²) in [6.45, 7) is 0. The SMILES string of the molecule is COC(=O)c1cccc(S(=O)(=O)N(C)c2ccc(OC)cc2)c1. The number of nitrogens with zero attached hydrogens (tertiary/aromatic N) is 1. The normalized spacial score (nSPS) is 10.9. The third kappa shape index (κ3) is 3.45. The zero-order valence-electron chi connectivity index (χ0n) is 13.0. The predicted molar refractivity (Wildman–Crippen MR) is 86.4 cm³/mol. The molecule has 0 aliphatic rings. The van der Waals surface area contributed by atoms with E-state index in [1.54, 1.807) is 24.3 Å². The van der Waals surface area contributed by atoms with Gasteiger partial charge in [0, 0.05) is 7.05 Å². The molecule has 0 aliphatic carbocycles. The Balaban J connectivity index is 2.38. The topological polar surface area (TPSA) is 72.9 Å². The quantitative estimate of drug-likeness (QED) is 0.784. The second-order valence-corrected chi connectivity index (χ2v) is 6.66. The number of sulfonamides is 1. The maximum absolute atomic E-state index is 12.7. The van der Waals surface area contributed by atoms with Gasteiger partial charge in [0.25, 0.3) is 10.0 Å². The lowest BCUT2D eigenvalue weighted by atomic mass is 10.2. The van der Waals surface area contributed by atoms with Crippen LogP contribution in [0.4, 0.5) is 5.69 Å². The fourth-order valence-corrected chi connectivity index (χ4v) is 3.23. The molecule has 0 saturated heterocycles. The van der Waals surface area contributed by atoms with Crippen LogP contribution in [0, 0.1) is 0 Å². The number of hydrogen-bond acceptors (Lipinski definition) is 5. The Kier molecular flexibility index (Phi) is 4.90. The average molecular weight is 335 g/mol. The lowest BCUT2D eigenvalue weighted by molar-refractivity contribution is 0.0600. The van der Waals surface area contributed by atoms with E-state index in [9.17, 15) is 13.2 Å². The van der Waals surface area contributed by atoms with E-state index in [0.29, 0.717) is 11.4 Å². The predicted octanol–water partition coefficient (Wildman–Crippen LogP) is 2.31. The van der Waals surface area contributed by atoms with Crippen molar-refractivity contribution in [2.75, 3.05) is 25.6 Å². The second kappa shape index (κ2) is 6.70. The number of anilines is 1. The van der Waals surface area contributed by atoms with Crippen LogP contribution in [0.5, 0.6) is 5.75 Å². The number of rotatable bonds is 5. The van der Waals surface area contributed by atoms with Gasteiger partial charge in [0.2, 0.25) is 0 Å². The summed E-state index contributed by atoms with van der Waals surface area (Å²) in [5, 5.41) is 0. The molecule has 122 valence electrons. The lowest BCUT2D eigenvalue weighted by Gasteiger charge is -2.20. The fourth-order valence-electron chi connectivity index (χ4n) is 1.99. The van der Waals surface area contributed by atoms with E-state index >= 15 is 0 Å². The third-order valence-corrected chi connectivity index (χ3v) is 5.13. The van der Waals surface area contributed by atoms with Gasteiger partial charge in [0.15, 0.2) is 0 Å². The number of benzene rings is 2. The number of esters is 1. The zero-order valence-corrected chi connectivity index (χ0v) is 13.8. The molecule has 7 heteroatoms. The van der Waals surface area contributed by atoms with Gasteiger partial charge in [0.1, 0.15) is 5.75 Å². The molecule has 0 unspecified atom stereocenters. The van der Waals surface area contributed by atoms with Crippen molar-refractivity contribution >= 4 is 21.7 Å². The number of methoxy groups -OCH3 is 2. The minimum atomic E-state index is -3.79. The van der Waals surface area contributed by atoms with E-state index in [4.69, 9.17) is 4.74 Å². The van der Waals surface area contributed by atoms with Gasteiger partial charge in [0.05, 0.1) is 30.4 Å². The number of carbonyl (C=O) groups is 1. The van der Waals surface area contributed by atoms with Gasteiger partial charge in [-0.25, -0.2) is 13.2 Å². The summed E-state index contributed by atoms with van der Waals surface area (Å²) in [6, 6.07) is 12.3. The van der Waals surface area contributed by atoms with Crippen molar-refractivity contribution < 1.29 is 22.7 Å². The first-order valence-corrected chi connectivity index (χ1v) is 8.15. The molecule has 23 heavy (non-hydrogen) atoms. The summed E-state index contributed by atoms with van der Waals surface area (Å²) in [7, 11) is 0.434. The molecule has 0 amide bonds. The highest BCUT2D eigenvalue weighted by Gasteiger charge is 2.22. The highest BCUT2D eigenvalue weighted by Crippen LogP contribution is 2.24. The van der Waals surface area contributed by atoms with Crippen LogP contribution >= 0.6 is 0 Å². The first-order chi connectivity index (χ1) is 10.9. The molecule has 2 rings (SSSR count). The van der Waals surface area contributed by atoms with Crippen molar-refractivity contribution in [3.63, 3.8) is 0 Å². The minimum absolute atomic E-state index is 0.0127. The van der Waals surface area contributed by atoms with Crippen LogP contribution in [0.15, 0.2) is 53.4 Å². The van der Waals surface area contributed by atoms with Crippen LogP contribution in [-0.2, 0) is 14.8 Å². The highest BCUT2D eigenvalue weighted by atomic mass is 32.2. The van der Waals surface area contributed by atoms with Crippen LogP contribution in [0.3, 0.4) is 0 Å². The van der Waals surface area contributed by atoms with Crippen molar-refractivity contribution in [1.82, 2.24) is 0 Å². The Hall–Kier alpha value is -2.54. The van der Waals surface area contributed by atoms with Crippen LogP contribution in [0.25, 0.3) is 0 Å². The number of carbonyl (C=O) groups excluding carboxylic acids is 1. The van der Waals surface area contributed by atoms with E-state index in [1.165, 1.54) is 45.5 Å². The molecule has 2 aromatic carbocycles.